The number of rotatable bonds is 40. The Morgan fingerprint density at radius 3 is 1.15 bits per heavy atom. The first-order valence-electron chi connectivity index (χ1n) is 26.5. The Kier molecular flexibility index (Phi) is 43.3. The number of hydrogen-bond donors (Lipinski definition) is 3. The fraction of sp³-hybridized carbons (Fsp3) is 0.887. The number of nitrogens with zero attached hydrogens (tertiary/aromatic N) is 3. The van der Waals surface area contributed by atoms with Crippen LogP contribution in [-0.4, -0.2) is 129 Å². The van der Waals surface area contributed by atoms with Crippen molar-refractivity contribution in [3.63, 3.8) is 0 Å². The van der Waals surface area contributed by atoms with Crippen molar-refractivity contribution in [1.82, 2.24) is 20.0 Å². The highest BCUT2D eigenvalue weighted by Gasteiger charge is 2.19. The molecule has 2 unspecified atom stereocenters. The van der Waals surface area contributed by atoms with Crippen LogP contribution in [0, 0.1) is 0 Å². The maximum atomic E-state index is 10.3. The molecule has 0 aliphatic carbocycles. The minimum atomic E-state index is -0.368. The Hall–Kier alpha value is -0.810. The van der Waals surface area contributed by atoms with E-state index in [-0.39, 0.29) is 24.6 Å². The van der Waals surface area contributed by atoms with Crippen molar-refractivity contribution in [2.75, 3.05) is 91.9 Å². The number of benzene rings is 1. The van der Waals surface area contributed by atoms with Gasteiger partial charge in [0.25, 0.3) is 0 Å². The largest absolute Gasteiger partial charge is 0.389 e. The summed E-state index contributed by atoms with van der Waals surface area (Å²) in [4.78, 5) is 7.20. The van der Waals surface area contributed by atoms with E-state index >= 15 is 0 Å². The van der Waals surface area contributed by atoms with Crippen molar-refractivity contribution >= 4 is 12.4 Å². The van der Waals surface area contributed by atoms with E-state index in [9.17, 15) is 10.2 Å². The standard InChI is InChI=1S/C30H54N2O2.C23H48N2O2.ClH/c1-2-3-4-5-6-7-8-9-10-11-12-13-14-18-25-34-28-30(33)27-32-23-21-31(22-24-32)26-29-19-16-15-17-20-29;1-2-3-4-5-6-7-8-9-10-11-12-13-14-15-20-27-22-23(26)21-25-18-16-24-17-19-25;/h15-17,19-20,30,33H,2-14,18,21-28H2,1H3;23-24,26H,2-22H2,1H3;1H. The predicted molar refractivity (Wildman–Crippen MR) is 269 cm³/mol. The van der Waals surface area contributed by atoms with Crippen LogP contribution in [0.15, 0.2) is 30.3 Å². The number of aliphatic hydroxyl groups is 2. The van der Waals surface area contributed by atoms with E-state index in [1.807, 2.05) is 0 Å². The molecule has 2 atom stereocenters. The van der Waals surface area contributed by atoms with Gasteiger partial charge in [-0.3, -0.25) is 14.7 Å². The third-order valence-electron chi connectivity index (χ3n) is 12.8. The quantitative estimate of drug-likeness (QED) is 0.0562. The molecule has 2 aliphatic rings. The van der Waals surface area contributed by atoms with E-state index in [4.69, 9.17) is 9.47 Å². The highest BCUT2D eigenvalue weighted by molar-refractivity contribution is 5.85. The summed E-state index contributed by atoms with van der Waals surface area (Å²) in [5.41, 5.74) is 1.38. The molecule has 9 heteroatoms. The Labute approximate surface area is 390 Å². The second-order valence-electron chi connectivity index (χ2n) is 18.8. The van der Waals surface area contributed by atoms with Gasteiger partial charge in [-0.2, -0.15) is 0 Å². The predicted octanol–water partition coefficient (Wildman–Crippen LogP) is 11.8. The van der Waals surface area contributed by atoms with Gasteiger partial charge in [0.2, 0.25) is 0 Å². The van der Waals surface area contributed by atoms with Crippen LogP contribution < -0.4 is 5.32 Å². The monoisotopic (exact) mass is 895 g/mol. The topological polar surface area (TPSA) is 80.7 Å². The number of ether oxygens (including phenoxy) is 2. The molecule has 62 heavy (non-hydrogen) atoms. The lowest BCUT2D eigenvalue weighted by Crippen LogP contribution is -2.48. The summed E-state index contributed by atoms with van der Waals surface area (Å²) in [6, 6.07) is 10.7. The summed E-state index contributed by atoms with van der Waals surface area (Å²) in [5, 5.41) is 23.7. The molecule has 3 N–H and O–H groups in total. The van der Waals surface area contributed by atoms with E-state index < -0.39 is 0 Å². The summed E-state index contributed by atoms with van der Waals surface area (Å²) in [7, 11) is 0. The number of unbranched alkanes of at least 4 members (excludes halogenated alkanes) is 26. The minimum absolute atomic E-state index is 0. The number of halogens is 1. The van der Waals surface area contributed by atoms with Crippen LogP contribution >= 0.6 is 12.4 Å². The molecule has 366 valence electrons. The van der Waals surface area contributed by atoms with Gasteiger partial charge in [0.1, 0.15) is 0 Å². The van der Waals surface area contributed by atoms with Crippen molar-refractivity contribution in [3.8, 4) is 0 Å². The molecular formula is C53H103ClN4O4. The second-order valence-corrected chi connectivity index (χ2v) is 18.8. The van der Waals surface area contributed by atoms with Gasteiger partial charge in [-0.1, -0.05) is 211 Å². The van der Waals surface area contributed by atoms with E-state index in [2.05, 4.69) is 64.2 Å². The lowest BCUT2D eigenvalue weighted by Gasteiger charge is -2.35. The average Bonchev–Trinajstić information content (AvgIpc) is 3.27. The fourth-order valence-corrected chi connectivity index (χ4v) is 8.80. The molecule has 1 aromatic rings. The first-order chi connectivity index (χ1) is 30.1. The Morgan fingerprint density at radius 2 is 0.774 bits per heavy atom. The zero-order valence-electron chi connectivity index (χ0n) is 40.9. The van der Waals surface area contributed by atoms with Crippen LogP contribution in [-0.2, 0) is 16.0 Å². The van der Waals surface area contributed by atoms with Crippen LogP contribution in [0.4, 0.5) is 0 Å². The summed E-state index contributed by atoms with van der Waals surface area (Å²) in [5.74, 6) is 0. The van der Waals surface area contributed by atoms with Gasteiger partial charge >= 0.3 is 0 Å². The molecule has 0 aromatic heterocycles. The van der Waals surface area contributed by atoms with Crippen LogP contribution in [0.1, 0.15) is 199 Å². The third kappa shape index (κ3) is 37.4. The van der Waals surface area contributed by atoms with Gasteiger partial charge in [0.05, 0.1) is 25.4 Å². The van der Waals surface area contributed by atoms with Crippen LogP contribution in [0.3, 0.4) is 0 Å². The molecule has 2 heterocycles. The van der Waals surface area contributed by atoms with E-state index in [0.717, 1.165) is 98.0 Å². The number of nitrogens with one attached hydrogen (secondary N) is 1. The lowest BCUT2D eigenvalue weighted by atomic mass is 10.0. The molecular weight excluding hydrogens is 792 g/mol. The third-order valence-corrected chi connectivity index (χ3v) is 12.8. The van der Waals surface area contributed by atoms with Crippen LogP contribution in [0.25, 0.3) is 0 Å². The lowest BCUT2D eigenvalue weighted by molar-refractivity contribution is 0.00559. The molecule has 2 aliphatic heterocycles. The number of hydrogen-bond acceptors (Lipinski definition) is 8. The van der Waals surface area contributed by atoms with E-state index in [1.165, 1.54) is 173 Å². The smallest absolute Gasteiger partial charge is 0.0900 e. The van der Waals surface area contributed by atoms with Gasteiger partial charge in [-0.05, 0) is 18.4 Å². The Morgan fingerprint density at radius 1 is 0.452 bits per heavy atom. The molecule has 2 saturated heterocycles. The fourth-order valence-electron chi connectivity index (χ4n) is 8.80. The molecule has 0 bridgehead atoms. The summed E-state index contributed by atoms with van der Waals surface area (Å²) >= 11 is 0. The van der Waals surface area contributed by atoms with Gasteiger partial charge in [-0.25, -0.2) is 0 Å². The molecule has 3 rings (SSSR count). The second kappa shape index (κ2) is 45.4. The molecule has 0 spiro atoms. The summed E-state index contributed by atoms with van der Waals surface area (Å²) < 4.78 is 11.4. The molecule has 1 aromatic carbocycles. The average molecular weight is 896 g/mol. The number of aliphatic hydroxyl groups excluding tert-OH is 2. The highest BCUT2D eigenvalue weighted by atomic mass is 35.5. The number of piperazine rings is 2. The van der Waals surface area contributed by atoms with Gasteiger partial charge in [-0.15, -0.1) is 12.4 Å². The van der Waals surface area contributed by atoms with Crippen molar-refractivity contribution in [2.24, 2.45) is 0 Å². The molecule has 0 amide bonds. The van der Waals surface area contributed by atoms with Crippen molar-refractivity contribution < 1.29 is 19.7 Å². The molecule has 2 fully saturated rings. The maximum Gasteiger partial charge on any atom is 0.0900 e. The first kappa shape index (κ1) is 59.2. The zero-order valence-corrected chi connectivity index (χ0v) is 41.7. The van der Waals surface area contributed by atoms with Gasteiger partial charge in [0.15, 0.2) is 0 Å². The zero-order chi connectivity index (χ0) is 43.5. The van der Waals surface area contributed by atoms with Crippen molar-refractivity contribution in [2.45, 2.75) is 212 Å². The van der Waals surface area contributed by atoms with E-state index in [0.29, 0.717) is 13.2 Å². The maximum absolute atomic E-state index is 10.3. The molecule has 8 nitrogen and oxygen atoms in total. The van der Waals surface area contributed by atoms with Crippen molar-refractivity contribution in [1.29, 1.82) is 0 Å². The van der Waals surface area contributed by atoms with Gasteiger partial charge < -0.3 is 25.0 Å². The van der Waals surface area contributed by atoms with Crippen LogP contribution in [0.2, 0.25) is 0 Å². The molecule has 0 radical (unpaired) electrons. The summed E-state index contributed by atoms with van der Waals surface area (Å²) in [6.07, 6.45) is 38.0. The van der Waals surface area contributed by atoms with Crippen LogP contribution in [0.5, 0.6) is 0 Å². The first-order valence-corrected chi connectivity index (χ1v) is 26.5. The highest BCUT2D eigenvalue weighted by Crippen LogP contribution is 2.15. The SMILES string of the molecule is CCCCCCCCCCCCCCCCOCC(O)CN1CCN(Cc2ccccc2)CC1.CCCCCCCCCCCCCCCCOCC(O)CN1CCNCC1.Cl. The summed E-state index contributed by atoms with van der Waals surface area (Å²) in [6.45, 7) is 18.0. The van der Waals surface area contributed by atoms with Crippen molar-refractivity contribution in [3.05, 3.63) is 35.9 Å². The normalized spacial score (nSPS) is 16.1. The molecule has 0 saturated carbocycles. The Balaban J connectivity index is 0.000000627. The minimum Gasteiger partial charge on any atom is -0.389 e. The van der Waals surface area contributed by atoms with Gasteiger partial charge in [0, 0.05) is 85.2 Å². The van der Waals surface area contributed by atoms with E-state index in [1.54, 1.807) is 0 Å². The Bertz CT molecular complexity index is 1010. The number of β-amino-alcohol motifs (C(OH)–C–C–N with tert-alkyl or cyclic N) is 2.